The molecule has 0 bridgehead atoms. The number of rotatable bonds is 5. The molecule has 0 amide bonds. The smallest absolute Gasteiger partial charge is 0.222 e. The van der Waals surface area contributed by atoms with Crippen molar-refractivity contribution >= 4 is 17.5 Å². The number of hydrogen-bond acceptors (Lipinski definition) is 4. The monoisotopic (exact) mass is 229 g/mol. The molecule has 0 fully saturated rings. The maximum Gasteiger partial charge on any atom is 0.222 e. The average Bonchev–Trinajstić information content (AvgIpc) is 2.17. The quantitative estimate of drug-likeness (QED) is 0.812. The maximum atomic E-state index is 9.89. The molecule has 1 heterocycles. The highest BCUT2D eigenvalue weighted by molar-refractivity contribution is 6.30. The zero-order chi connectivity index (χ0) is 11.3. The van der Waals surface area contributed by atoms with Gasteiger partial charge in [0.15, 0.2) is 0 Å². The Labute approximate surface area is 94.7 Å². The van der Waals surface area contributed by atoms with E-state index >= 15 is 0 Å². The maximum absolute atomic E-state index is 9.89. The molecule has 84 valence electrons. The van der Waals surface area contributed by atoms with E-state index in [0.29, 0.717) is 17.5 Å². The van der Waals surface area contributed by atoms with Crippen molar-refractivity contribution < 1.29 is 5.11 Å². The van der Waals surface area contributed by atoms with E-state index in [4.69, 9.17) is 11.6 Å². The second-order valence-electron chi connectivity index (χ2n) is 3.83. The molecule has 0 spiro atoms. The van der Waals surface area contributed by atoms with E-state index in [1.807, 2.05) is 6.92 Å². The van der Waals surface area contributed by atoms with Gasteiger partial charge in [-0.1, -0.05) is 24.9 Å². The van der Waals surface area contributed by atoms with E-state index in [0.717, 1.165) is 12.8 Å². The Kier molecular flexibility index (Phi) is 4.29. The van der Waals surface area contributed by atoms with Gasteiger partial charge in [0.25, 0.3) is 0 Å². The number of nitrogens with one attached hydrogen (secondary N) is 1. The van der Waals surface area contributed by atoms with Gasteiger partial charge in [-0.05, 0) is 13.3 Å². The Balaban J connectivity index is 2.46. The summed E-state index contributed by atoms with van der Waals surface area (Å²) >= 11 is 5.65. The van der Waals surface area contributed by atoms with Crippen molar-refractivity contribution in [2.75, 3.05) is 11.9 Å². The minimum atomic E-state index is -0.724. The fourth-order valence-corrected chi connectivity index (χ4v) is 1.40. The van der Waals surface area contributed by atoms with Gasteiger partial charge in [-0.2, -0.15) is 0 Å². The van der Waals surface area contributed by atoms with Gasteiger partial charge in [0, 0.05) is 6.54 Å². The van der Waals surface area contributed by atoms with Crippen LogP contribution in [0.25, 0.3) is 0 Å². The van der Waals surface area contributed by atoms with Crippen LogP contribution >= 0.6 is 11.6 Å². The summed E-state index contributed by atoms with van der Waals surface area (Å²) in [7, 11) is 0. The normalized spacial score (nSPS) is 14.7. The predicted octanol–water partition coefficient (Wildman–Crippen LogP) is 2.09. The summed E-state index contributed by atoms with van der Waals surface area (Å²) in [5.41, 5.74) is -0.724. The third-order valence-corrected chi connectivity index (χ3v) is 2.23. The number of nitrogens with zero attached hydrogens (tertiary/aromatic N) is 2. The third-order valence-electron chi connectivity index (χ3n) is 2.04. The zero-order valence-electron chi connectivity index (χ0n) is 9.00. The highest BCUT2D eigenvalue weighted by atomic mass is 35.5. The van der Waals surface area contributed by atoms with Crippen LogP contribution in [0.15, 0.2) is 12.4 Å². The summed E-state index contributed by atoms with van der Waals surface area (Å²) in [6.07, 6.45) is 4.72. The molecular weight excluding hydrogens is 214 g/mol. The van der Waals surface area contributed by atoms with E-state index in [1.165, 1.54) is 12.4 Å². The number of halogens is 1. The van der Waals surface area contributed by atoms with Crippen molar-refractivity contribution in [2.24, 2.45) is 0 Å². The molecule has 0 radical (unpaired) electrons. The van der Waals surface area contributed by atoms with E-state index in [1.54, 1.807) is 6.92 Å². The average molecular weight is 230 g/mol. The lowest BCUT2D eigenvalue weighted by atomic mass is 10.0. The van der Waals surface area contributed by atoms with Crippen molar-refractivity contribution in [3.05, 3.63) is 17.4 Å². The Morgan fingerprint density at radius 1 is 1.47 bits per heavy atom. The Hall–Kier alpha value is -0.870. The SMILES string of the molecule is CCCC(C)(O)CNc1ncc(Cl)cn1. The van der Waals surface area contributed by atoms with Gasteiger partial charge < -0.3 is 10.4 Å². The van der Waals surface area contributed by atoms with E-state index in [9.17, 15) is 5.11 Å². The van der Waals surface area contributed by atoms with Gasteiger partial charge >= 0.3 is 0 Å². The summed E-state index contributed by atoms with van der Waals surface area (Å²) in [6.45, 7) is 4.26. The molecule has 4 nitrogen and oxygen atoms in total. The summed E-state index contributed by atoms with van der Waals surface area (Å²) in [5, 5.41) is 13.4. The van der Waals surface area contributed by atoms with Crippen LogP contribution in [0, 0.1) is 0 Å². The number of anilines is 1. The summed E-state index contributed by atoms with van der Waals surface area (Å²) in [6, 6.07) is 0. The molecule has 2 N–H and O–H groups in total. The predicted molar refractivity (Wildman–Crippen MR) is 61.1 cm³/mol. The molecule has 0 aromatic carbocycles. The van der Waals surface area contributed by atoms with Gasteiger partial charge in [0.1, 0.15) is 0 Å². The fourth-order valence-electron chi connectivity index (χ4n) is 1.30. The number of hydrogen-bond donors (Lipinski definition) is 2. The second kappa shape index (κ2) is 5.28. The van der Waals surface area contributed by atoms with Crippen molar-refractivity contribution in [2.45, 2.75) is 32.3 Å². The highest BCUT2D eigenvalue weighted by Gasteiger charge is 2.18. The third kappa shape index (κ3) is 4.44. The molecular formula is C10H16ClN3O. The topological polar surface area (TPSA) is 58.0 Å². The van der Waals surface area contributed by atoms with Gasteiger partial charge in [0.05, 0.1) is 23.0 Å². The van der Waals surface area contributed by atoms with Crippen LogP contribution in [0.5, 0.6) is 0 Å². The lowest BCUT2D eigenvalue weighted by Crippen LogP contribution is -2.33. The molecule has 1 unspecified atom stereocenters. The van der Waals surface area contributed by atoms with Crippen LogP contribution in [0.2, 0.25) is 5.02 Å². The standard InChI is InChI=1S/C10H16ClN3O/c1-3-4-10(2,15)7-14-9-12-5-8(11)6-13-9/h5-6,15H,3-4,7H2,1-2H3,(H,12,13,14). The van der Waals surface area contributed by atoms with Gasteiger partial charge in [0.2, 0.25) is 5.95 Å². The fraction of sp³-hybridized carbons (Fsp3) is 0.600. The molecule has 1 rings (SSSR count). The van der Waals surface area contributed by atoms with Crippen molar-refractivity contribution in [3.8, 4) is 0 Å². The van der Waals surface area contributed by atoms with Crippen LogP contribution < -0.4 is 5.32 Å². The molecule has 1 atom stereocenters. The molecule has 1 aromatic rings. The molecule has 0 aliphatic rings. The van der Waals surface area contributed by atoms with Crippen LogP contribution in [0.4, 0.5) is 5.95 Å². The van der Waals surface area contributed by atoms with E-state index in [2.05, 4.69) is 15.3 Å². The number of aromatic nitrogens is 2. The molecule has 0 saturated carbocycles. The minimum absolute atomic E-state index is 0.433. The first-order chi connectivity index (χ1) is 7.03. The van der Waals surface area contributed by atoms with Gasteiger partial charge in [-0.3, -0.25) is 0 Å². The van der Waals surface area contributed by atoms with Gasteiger partial charge in [-0.25, -0.2) is 9.97 Å². The van der Waals surface area contributed by atoms with Crippen LogP contribution in [0.1, 0.15) is 26.7 Å². The Morgan fingerprint density at radius 2 is 2.07 bits per heavy atom. The summed E-state index contributed by atoms with van der Waals surface area (Å²) in [4.78, 5) is 7.95. The lowest BCUT2D eigenvalue weighted by molar-refractivity contribution is 0.0635. The van der Waals surface area contributed by atoms with E-state index < -0.39 is 5.60 Å². The lowest BCUT2D eigenvalue weighted by Gasteiger charge is -2.22. The largest absolute Gasteiger partial charge is 0.388 e. The molecule has 0 saturated heterocycles. The van der Waals surface area contributed by atoms with Crippen LogP contribution in [-0.2, 0) is 0 Å². The van der Waals surface area contributed by atoms with Crippen molar-refractivity contribution in [3.63, 3.8) is 0 Å². The first-order valence-corrected chi connectivity index (χ1v) is 5.35. The summed E-state index contributed by atoms with van der Waals surface area (Å²) < 4.78 is 0. The molecule has 0 aliphatic carbocycles. The minimum Gasteiger partial charge on any atom is -0.388 e. The Morgan fingerprint density at radius 3 is 2.60 bits per heavy atom. The van der Waals surface area contributed by atoms with Crippen molar-refractivity contribution in [1.29, 1.82) is 0 Å². The van der Waals surface area contributed by atoms with Gasteiger partial charge in [-0.15, -0.1) is 0 Å². The van der Waals surface area contributed by atoms with Crippen LogP contribution in [0.3, 0.4) is 0 Å². The van der Waals surface area contributed by atoms with E-state index in [-0.39, 0.29) is 0 Å². The summed E-state index contributed by atoms with van der Waals surface area (Å²) in [5.74, 6) is 0.482. The zero-order valence-corrected chi connectivity index (χ0v) is 9.75. The highest BCUT2D eigenvalue weighted by Crippen LogP contribution is 2.12. The molecule has 5 heteroatoms. The molecule has 1 aromatic heterocycles. The Bertz CT molecular complexity index is 300. The number of aliphatic hydroxyl groups is 1. The second-order valence-corrected chi connectivity index (χ2v) is 4.26. The first-order valence-electron chi connectivity index (χ1n) is 4.97. The van der Waals surface area contributed by atoms with Crippen molar-refractivity contribution in [1.82, 2.24) is 9.97 Å². The molecule has 15 heavy (non-hydrogen) atoms. The van der Waals surface area contributed by atoms with Crippen LogP contribution in [-0.4, -0.2) is 27.2 Å². The first kappa shape index (κ1) is 12.2. The molecule has 0 aliphatic heterocycles.